The van der Waals surface area contributed by atoms with Gasteiger partial charge in [0.05, 0.1) is 7.11 Å². The van der Waals surface area contributed by atoms with Crippen molar-refractivity contribution >= 4 is 12.0 Å². The van der Waals surface area contributed by atoms with E-state index in [1.54, 1.807) is 0 Å². The predicted octanol–water partition coefficient (Wildman–Crippen LogP) is 3.89. The number of ether oxygens (including phenoxy) is 2. The molecule has 3 aromatic carbocycles. The highest BCUT2D eigenvalue weighted by Crippen LogP contribution is 2.14. The molecule has 0 saturated carbocycles. The van der Waals surface area contributed by atoms with Gasteiger partial charge >= 0.3 is 6.09 Å². The molecule has 32 heavy (non-hydrogen) atoms. The van der Waals surface area contributed by atoms with E-state index in [4.69, 9.17) is 4.74 Å². The van der Waals surface area contributed by atoms with Crippen molar-refractivity contribution in [3.8, 4) is 5.75 Å². The van der Waals surface area contributed by atoms with Gasteiger partial charge in [0.25, 0.3) is 0 Å². The smallest absolute Gasteiger partial charge is 0.407 e. The van der Waals surface area contributed by atoms with Gasteiger partial charge in [-0.3, -0.25) is 4.79 Å². The SMILES string of the molecule is COC(=O)NC(Cc1ccccc1)C(=O)NCCc1ccc(OCc2ccccc2)cc1. The van der Waals surface area contributed by atoms with E-state index in [2.05, 4.69) is 15.4 Å². The van der Waals surface area contributed by atoms with E-state index in [9.17, 15) is 9.59 Å². The molecule has 3 aromatic rings. The van der Waals surface area contributed by atoms with Crippen LogP contribution in [-0.2, 0) is 29.0 Å². The highest BCUT2D eigenvalue weighted by molar-refractivity contribution is 5.85. The van der Waals surface area contributed by atoms with Crippen LogP contribution < -0.4 is 15.4 Å². The second kappa shape index (κ2) is 12.2. The van der Waals surface area contributed by atoms with E-state index in [-0.39, 0.29) is 5.91 Å². The molecule has 6 heteroatoms. The minimum absolute atomic E-state index is 0.248. The lowest BCUT2D eigenvalue weighted by atomic mass is 10.1. The Kier molecular flexibility index (Phi) is 8.69. The second-order valence-electron chi connectivity index (χ2n) is 7.34. The third-order valence-corrected chi connectivity index (χ3v) is 4.96. The molecular formula is C26H28N2O4. The number of benzene rings is 3. The van der Waals surface area contributed by atoms with Crippen molar-refractivity contribution in [1.82, 2.24) is 10.6 Å². The first-order chi connectivity index (χ1) is 15.6. The van der Waals surface area contributed by atoms with E-state index >= 15 is 0 Å². The number of methoxy groups -OCH3 is 1. The van der Waals surface area contributed by atoms with Gasteiger partial charge in [-0.1, -0.05) is 72.8 Å². The monoisotopic (exact) mass is 432 g/mol. The van der Waals surface area contributed by atoms with Crippen molar-refractivity contribution in [2.75, 3.05) is 13.7 Å². The molecule has 0 aliphatic carbocycles. The van der Waals surface area contributed by atoms with Crippen molar-refractivity contribution in [2.24, 2.45) is 0 Å². The molecule has 0 radical (unpaired) electrons. The van der Waals surface area contributed by atoms with Crippen molar-refractivity contribution < 1.29 is 19.1 Å². The Labute approximate surface area is 188 Å². The molecule has 1 unspecified atom stereocenters. The van der Waals surface area contributed by atoms with Crippen LogP contribution in [0.2, 0.25) is 0 Å². The van der Waals surface area contributed by atoms with E-state index in [1.807, 2.05) is 84.9 Å². The standard InChI is InChI=1S/C26H28N2O4/c1-31-26(30)28-24(18-21-8-4-2-5-9-21)25(29)27-17-16-20-12-14-23(15-13-20)32-19-22-10-6-3-7-11-22/h2-15,24H,16-19H2,1H3,(H,27,29)(H,28,30). The number of nitrogens with one attached hydrogen (secondary N) is 2. The zero-order valence-electron chi connectivity index (χ0n) is 18.1. The summed E-state index contributed by atoms with van der Waals surface area (Å²) in [7, 11) is 1.28. The van der Waals surface area contributed by atoms with Crippen molar-refractivity contribution in [2.45, 2.75) is 25.5 Å². The van der Waals surface area contributed by atoms with E-state index in [0.717, 1.165) is 22.4 Å². The average Bonchev–Trinajstić information content (AvgIpc) is 2.84. The number of alkyl carbamates (subject to hydrolysis) is 1. The zero-order chi connectivity index (χ0) is 22.6. The maximum atomic E-state index is 12.7. The summed E-state index contributed by atoms with van der Waals surface area (Å²) in [6, 6.07) is 26.7. The number of carbonyl (C=O) groups excluding carboxylic acids is 2. The van der Waals surface area contributed by atoms with Gasteiger partial charge in [-0.15, -0.1) is 0 Å². The lowest BCUT2D eigenvalue weighted by Gasteiger charge is -2.18. The Morgan fingerprint density at radius 2 is 1.44 bits per heavy atom. The quantitative estimate of drug-likeness (QED) is 0.510. The molecule has 2 amide bonds. The largest absolute Gasteiger partial charge is 0.489 e. The lowest BCUT2D eigenvalue weighted by Crippen LogP contribution is -2.48. The normalized spacial score (nSPS) is 11.3. The summed E-state index contributed by atoms with van der Waals surface area (Å²) in [4.78, 5) is 24.3. The number of rotatable bonds is 10. The fourth-order valence-electron chi connectivity index (χ4n) is 3.21. The van der Waals surface area contributed by atoms with Gasteiger partial charge in [-0.05, 0) is 35.2 Å². The van der Waals surface area contributed by atoms with Gasteiger partial charge in [0.2, 0.25) is 5.91 Å². The summed E-state index contributed by atoms with van der Waals surface area (Å²) in [5.41, 5.74) is 3.15. The first kappa shape index (κ1) is 22.9. The fraction of sp³-hybridized carbons (Fsp3) is 0.231. The number of amides is 2. The van der Waals surface area contributed by atoms with Crippen LogP contribution in [0.3, 0.4) is 0 Å². The van der Waals surface area contributed by atoms with Gasteiger partial charge in [-0.25, -0.2) is 4.79 Å². The summed E-state index contributed by atoms with van der Waals surface area (Å²) >= 11 is 0. The summed E-state index contributed by atoms with van der Waals surface area (Å²) in [5, 5.41) is 5.51. The Morgan fingerprint density at radius 1 is 0.812 bits per heavy atom. The van der Waals surface area contributed by atoms with E-state index < -0.39 is 12.1 Å². The summed E-state index contributed by atoms with van der Waals surface area (Å²) in [6.07, 6.45) is 0.420. The maximum absolute atomic E-state index is 12.7. The molecule has 0 aliphatic rings. The Bertz CT molecular complexity index is 976. The van der Waals surface area contributed by atoms with Crippen LogP contribution in [0.15, 0.2) is 84.9 Å². The van der Waals surface area contributed by atoms with E-state index in [0.29, 0.717) is 26.0 Å². The van der Waals surface area contributed by atoms with Crippen LogP contribution in [0.25, 0.3) is 0 Å². The van der Waals surface area contributed by atoms with Crippen molar-refractivity contribution in [3.05, 3.63) is 102 Å². The van der Waals surface area contributed by atoms with Crippen LogP contribution in [0.5, 0.6) is 5.75 Å². The molecule has 3 rings (SSSR count). The zero-order valence-corrected chi connectivity index (χ0v) is 18.1. The highest BCUT2D eigenvalue weighted by atomic mass is 16.5. The maximum Gasteiger partial charge on any atom is 0.407 e. The first-order valence-corrected chi connectivity index (χ1v) is 10.6. The summed E-state index contributed by atoms with van der Waals surface area (Å²) in [6.45, 7) is 0.976. The highest BCUT2D eigenvalue weighted by Gasteiger charge is 2.21. The molecule has 0 aromatic heterocycles. The summed E-state index contributed by atoms with van der Waals surface area (Å²) in [5.74, 6) is 0.550. The van der Waals surface area contributed by atoms with Crippen LogP contribution in [-0.4, -0.2) is 31.7 Å². The van der Waals surface area contributed by atoms with Gasteiger partial charge < -0.3 is 20.1 Å². The average molecular weight is 433 g/mol. The minimum atomic E-state index is -0.710. The third kappa shape index (κ3) is 7.47. The molecule has 0 bridgehead atoms. The third-order valence-electron chi connectivity index (χ3n) is 4.96. The number of hydrogen-bond donors (Lipinski definition) is 2. The minimum Gasteiger partial charge on any atom is -0.489 e. The van der Waals surface area contributed by atoms with Crippen LogP contribution >= 0.6 is 0 Å². The molecule has 0 aliphatic heterocycles. The Balaban J connectivity index is 1.47. The molecule has 1 atom stereocenters. The number of hydrogen-bond acceptors (Lipinski definition) is 4. The molecule has 0 heterocycles. The van der Waals surface area contributed by atoms with Gasteiger partial charge in [0.1, 0.15) is 18.4 Å². The van der Waals surface area contributed by atoms with Gasteiger partial charge in [-0.2, -0.15) is 0 Å². The van der Waals surface area contributed by atoms with Crippen LogP contribution in [0.4, 0.5) is 4.79 Å². The van der Waals surface area contributed by atoms with Crippen molar-refractivity contribution in [3.63, 3.8) is 0 Å². The van der Waals surface area contributed by atoms with E-state index in [1.165, 1.54) is 7.11 Å². The Morgan fingerprint density at radius 3 is 2.06 bits per heavy atom. The van der Waals surface area contributed by atoms with Gasteiger partial charge in [0.15, 0.2) is 0 Å². The predicted molar refractivity (Wildman–Crippen MR) is 123 cm³/mol. The topological polar surface area (TPSA) is 76.7 Å². The van der Waals surface area contributed by atoms with Crippen LogP contribution in [0, 0.1) is 0 Å². The van der Waals surface area contributed by atoms with Crippen molar-refractivity contribution in [1.29, 1.82) is 0 Å². The Hall–Kier alpha value is -3.80. The molecular weight excluding hydrogens is 404 g/mol. The molecule has 166 valence electrons. The molecule has 2 N–H and O–H groups in total. The van der Waals surface area contributed by atoms with Gasteiger partial charge in [0, 0.05) is 13.0 Å². The molecule has 6 nitrogen and oxygen atoms in total. The van der Waals surface area contributed by atoms with Crippen LogP contribution in [0.1, 0.15) is 16.7 Å². The lowest BCUT2D eigenvalue weighted by molar-refractivity contribution is -0.123. The first-order valence-electron chi connectivity index (χ1n) is 10.6. The molecule has 0 fully saturated rings. The summed E-state index contributed by atoms with van der Waals surface area (Å²) < 4.78 is 10.5. The molecule has 0 spiro atoms. The number of carbonyl (C=O) groups is 2. The molecule has 0 saturated heterocycles. The second-order valence-corrected chi connectivity index (χ2v) is 7.34. The fourth-order valence-corrected chi connectivity index (χ4v) is 3.21.